The number of hydrogen-bond acceptors (Lipinski definition) is 7. The van der Waals surface area contributed by atoms with Gasteiger partial charge in [-0.05, 0) is 67.4 Å². The second-order valence-electron chi connectivity index (χ2n) is 10.1. The molecule has 3 heterocycles. The molecule has 9 heteroatoms. The predicted octanol–water partition coefficient (Wildman–Crippen LogP) is 5.62. The molecular weight excluding hydrogens is 526 g/mol. The first-order valence-corrected chi connectivity index (χ1v) is 13.1. The second kappa shape index (κ2) is 12.7. The molecule has 2 amide bonds. The second-order valence-corrected chi connectivity index (χ2v) is 10.1. The highest BCUT2D eigenvalue weighted by Gasteiger charge is 2.21. The van der Waals surface area contributed by atoms with Crippen LogP contribution in [0.3, 0.4) is 0 Å². The van der Waals surface area contributed by atoms with Gasteiger partial charge in [0.25, 0.3) is 0 Å². The summed E-state index contributed by atoms with van der Waals surface area (Å²) >= 11 is 0. The highest BCUT2D eigenvalue weighted by Crippen LogP contribution is 2.40. The number of nitrogens with two attached hydrogens (primary N) is 1. The molecule has 0 unspecified atom stereocenters. The third kappa shape index (κ3) is 6.08. The van der Waals surface area contributed by atoms with E-state index in [1.165, 1.54) is 4.90 Å². The number of rotatable bonds is 7. The zero-order valence-electron chi connectivity index (χ0n) is 23.9. The lowest BCUT2D eigenvalue weighted by Gasteiger charge is -2.27. The smallest absolute Gasteiger partial charge is 0.213 e. The zero-order valence-corrected chi connectivity index (χ0v) is 23.9. The first-order chi connectivity index (χ1) is 20.2. The number of fused-ring (bicyclic) bond motifs is 1. The van der Waals surface area contributed by atoms with E-state index in [1.54, 1.807) is 25.6 Å². The van der Waals surface area contributed by atoms with E-state index in [4.69, 9.17) is 4.79 Å². The molecule has 0 aliphatic rings. The molecular formula is C33H31N7O2. The van der Waals surface area contributed by atoms with Gasteiger partial charge in [0.2, 0.25) is 12.8 Å². The van der Waals surface area contributed by atoms with Gasteiger partial charge in [0.1, 0.15) is 0 Å². The van der Waals surface area contributed by atoms with Gasteiger partial charge < -0.3 is 15.5 Å². The molecule has 9 nitrogen and oxygen atoms in total. The molecule has 0 aliphatic heterocycles. The van der Waals surface area contributed by atoms with E-state index in [0.717, 1.165) is 56.6 Å². The number of carbonyl (C=O) groups is 2. The highest BCUT2D eigenvalue weighted by atomic mass is 16.1. The highest BCUT2D eigenvalue weighted by molar-refractivity contribution is 6.04. The summed E-state index contributed by atoms with van der Waals surface area (Å²) in [5.74, 6) is 0. The van der Waals surface area contributed by atoms with Crippen LogP contribution in [0.2, 0.25) is 0 Å². The number of amides is 2. The Balaban J connectivity index is 0.00000129. The van der Waals surface area contributed by atoms with Gasteiger partial charge in [-0.15, -0.1) is 0 Å². The van der Waals surface area contributed by atoms with Crippen LogP contribution in [0.15, 0.2) is 91.5 Å². The molecule has 0 fully saturated rings. The van der Waals surface area contributed by atoms with E-state index in [9.17, 15) is 10.1 Å². The van der Waals surface area contributed by atoms with Crippen LogP contribution < -0.4 is 15.5 Å². The molecule has 0 saturated heterocycles. The molecule has 5 aromatic rings. The van der Waals surface area contributed by atoms with Crippen LogP contribution in [0.4, 0.5) is 17.1 Å². The fourth-order valence-corrected chi connectivity index (χ4v) is 4.57. The van der Waals surface area contributed by atoms with Crippen LogP contribution in [0.5, 0.6) is 0 Å². The first kappa shape index (κ1) is 29.4. The Labute approximate surface area is 244 Å². The summed E-state index contributed by atoms with van der Waals surface area (Å²) in [5, 5.41) is 10.4. The lowest BCUT2D eigenvalue weighted by molar-refractivity contribution is -0.107. The molecule has 0 radical (unpaired) electrons. The lowest BCUT2D eigenvalue weighted by atomic mass is 9.86. The molecule has 0 bridgehead atoms. The number of hydrogen-bond donors (Lipinski definition) is 1. The molecule has 2 N–H and O–H groups in total. The minimum Gasteiger partial charge on any atom is -0.372 e. The molecule has 5 rings (SSSR count). The number of carbonyl (C=O) groups excluding carboxylic acids is 2. The Morgan fingerprint density at radius 1 is 0.857 bits per heavy atom. The normalized spacial score (nSPS) is 10.6. The maximum atomic E-state index is 11.8. The summed E-state index contributed by atoms with van der Waals surface area (Å²) in [6, 6.07) is 24.3. The van der Waals surface area contributed by atoms with Crippen molar-refractivity contribution in [1.82, 2.24) is 15.0 Å². The fourth-order valence-electron chi connectivity index (χ4n) is 4.57. The quantitative estimate of drug-likeness (QED) is 0.257. The number of nitriles is 1. The summed E-state index contributed by atoms with van der Waals surface area (Å²) in [4.78, 5) is 37.4. The van der Waals surface area contributed by atoms with Gasteiger partial charge in [-0.1, -0.05) is 24.3 Å². The molecule has 0 saturated carbocycles. The van der Waals surface area contributed by atoms with E-state index in [2.05, 4.69) is 43.8 Å². The standard InChI is InChI=1S/C32H28N6O.CH3NO/c1-32(2,20-33)25-7-9-26(10-8-25)38(4)31-27-17-23(5-12-29(27)36-19-30(31)37(3)21-39)24-6-11-28(35-18-24)22-13-15-34-16-14-22;2-1-3/h5-19,21H,1-4H3;1H,(H2,2,3). The van der Waals surface area contributed by atoms with Crippen molar-refractivity contribution in [2.45, 2.75) is 19.3 Å². The Morgan fingerprint density at radius 2 is 1.52 bits per heavy atom. The topological polar surface area (TPSA) is 129 Å². The van der Waals surface area contributed by atoms with E-state index < -0.39 is 5.41 Å². The largest absolute Gasteiger partial charge is 0.372 e. The Kier molecular flexibility index (Phi) is 8.88. The minimum absolute atomic E-state index is 0.250. The van der Waals surface area contributed by atoms with Gasteiger partial charge >= 0.3 is 0 Å². The first-order valence-electron chi connectivity index (χ1n) is 13.1. The molecule has 42 heavy (non-hydrogen) atoms. The number of aromatic nitrogens is 3. The summed E-state index contributed by atoms with van der Waals surface area (Å²) < 4.78 is 0. The summed E-state index contributed by atoms with van der Waals surface area (Å²) in [7, 11) is 3.69. The van der Waals surface area contributed by atoms with Crippen molar-refractivity contribution >= 4 is 40.8 Å². The average Bonchev–Trinajstić information content (AvgIpc) is 3.04. The fraction of sp³-hybridized carbons (Fsp3) is 0.152. The summed E-state index contributed by atoms with van der Waals surface area (Å²) in [6.45, 7) is 3.80. The van der Waals surface area contributed by atoms with Crippen molar-refractivity contribution in [1.29, 1.82) is 5.26 Å². The van der Waals surface area contributed by atoms with E-state index in [-0.39, 0.29) is 6.41 Å². The number of pyridine rings is 3. The molecule has 3 aromatic heterocycles. The number of nitrogens with zero attached hydrogens (tertiary/aromatic N) is 6. The van der Waals surface area contributed by atoms with Crippen molar-refractivity contribution in [2.75, 3.05) is 23.9 Å². The molecule has 0 aliphatic carbocycles. The van der Waals surface area contributed by atoms with Crippen LogP contribution in [-0.2, 0) is 15.0 Å². The average molecular weight is 558 g/mol. The molecule has 210 valence electrons. The van der Waals surface area contributed by atoms with Crippen LogP contribution in [-0.4, -0.2) is 41.9 Å². The van der Waals surface area contributed by atoms with Crippen molar-refractivity contribution in [2.24, 2.45) is 5.73 Å². The Morgan fingerprint density at radius 3 is 2.12 bits per heavy atom. The third-order valence-electron chi connectivity index (χ3n) is 7.02. The van der Waals surface area contributed by atoms with Gasteiger partial charge in [-0.25, -0.2) is 0 Å². The molecule has 0 atom stereocenters. The van der Waals surface area contributed by atoms with E-state index in [0.29, 0.717) is 5.69 Å². The van der Waals surface area contributed by atoms with E-state index in [1.807, 2.05) is 81.7 Å². The van der Waals surface area contributed by atoms with Crippen LogP contribution in [0.25, 0.3) is 33.3 Å². The van der Waals surface area contributed by atoms with Gasteiger partial charge in [0, 0.05) is 54.9 Å². The minimum atomic E-state index is -0.584. The van der Waals surface area contributed by atoms with Gasteiger partial charge in [0.05, 0.1) is 40.3 Å². The lowest BCUT2D eigenvalue weighted by Crippen LogP contribution is -2.20. The van der Waals surface area contributed by atoms with Gasteiger partial charge in [0.15, 0.2) is 0 Å². The van der Waals surface area contributed by atoms with Crippen LogP contribution in [0.1, 0.15) is 19.4 Å². The SMILES string of the molecule is CN(C=O)c1cnc2ccc(-c3ccc(-c4ccncc4)nc3)cc2c1N(C)c1ccc(C(C)(C)C#N)cc1.NC=O. The van der Waals surface area contributed by atoms with Crippen molar-refractivity contribution < 1.29 is 9.59 Å². The van der Waals surface area contributed by atoms with Gasteiger partial charge in [-0.2, -0.15) is 5.26 Å². The molecule has 2 aromatic carbocycles. The van der Waals surface area contributed by atoms with Crippen molar-refractivity contribution in [3.63, 3.8) is 0 Å². The van der Waals surface area contributed by atoms with Crippen LogP contribution in [0, 0.1) is 11.3 Å². The molecule has 0 spiro atoms. The maximum absolute atomic E-state index is 11.8. The van der Waals surface area contributed by atoms with E-state index >= 15 is 0 Å². The predicted molar refractivity (Wildman–Crippen MR) is 166 cm³/mol. The number of primary amides is 1. The van der Waals surface area contributed by atoms with Crippen LogP contribution >= 0.6 is 0 Å². The summed E-state index contributed by atoms with van der Waals surface area (Å²) in [6.07, 6.45) is 8.13. The Bertz CT molecular complexity index is 1730. The van der Waals surface area contributed by atoms with Gasteiger partial charge in [-0.3, -0.25) is 24.5 Å². The number of benzene rings is 2. The number of anilines is 3. The van der Waals surface area contributed by atoms with Crippen molar-refractivity contribution in [3.8, 4) is 28.5 Å². The monoisotopic (exact) mass is 557 g/mol. The Hall–Kier alpha value is -5.62. The zero-order chi connectivity index (χ0) is 30.3. The summed E-state index contributed by atoms with van der Waals surface area (Å²) in [5.41, 5.74) is 11.6. The maximum Gasteiger partial charge on any atom is 0.213 e. The third-order valence-corrected chi connectivity index (χ3v) is 7.02. The van der Waals surface area contributed by atoms with Crippen molar-refractivity contribution in [3.05, 3.63) is 97.1 Å².